The number of hydrogen-bond donors (Lipinski definition) is 0. The number of carbonyl (C=O) groups is 1. The van der Waals surface area contributed by atoms with Crippen LogP contribution in [0, 0.1) is 11.6 Å². The van der Waals surface area contributed by atoms with Gasteiger partial charge in [0.05, 0.1) is 7.11 Å². The Labute approximate surface area is 82.5 Å². The van der Waals surface area contributed by atoms with Gasteiger partial charge in [0.15, 0.2) is 11.6 Å². The van der Waals surface area contributed by atoms with Crippen LogP contribution in [-0.2, 0) is 0 Å². The first kappa shape index (κ1) is 11.5. The summed E-state index contributed by atoms with van der Waals surface area (Å²) < 4.78 is 54.0. The van der Waals surface area contributed by atoms with Crippen LogP contribution >= 0.6 is 0 Å². The van der Waals surface area contributed by atoms with Gasteiger partial charge in [-0.2, -0.15) is 4.39 Å². The van der Waals surface area contributed by atoms with Gasteiger partial charge in [0.25, 0.3) is 0 Å². The summed E-state index contributed by atoms with van der Waals surface area (Å²) >= 11 is 0. The zero-order valence-electron chi connectivity index (χ0n) is 7.56. The molecule has 0 radical (unpaired) electrons. The van der Waals surface area contributed by atoms with Crippen LogP contribution in [0.2, 0.25) is 0 Å². The van der Waals surface area contributed by atoms with Gasteiger partial charge in [0.2, 0.25) is 11.6 Å². The molecule has 0 saturated carbocycles. The number of hydrogen-bond acceptors (Lipinski definition) is 2. The predicted octanol–water partition coefficient (Wildman–Crippen LogP) is 2.42. The van der Waals surface area contributed by atoms with Crippen molar-refractivity contribution in [3.05, 3.63) is 29.3 Å². The van der Waals surface area contributed by atoms with Crippen molar-refractivity contribution in [1.29, 1.82) is 0 Å². The van der Waals surface area contributed by atoms with E-state index >= 15 is 0 Å². The fourth-order valence-corrected chi connectivity index (χ4v) is 0.981. The molecule has 0 unspecified atom stereocenters. The van der Waals surface area contributed by atoms with Gasteiger partial charge >= 0.3 is 6.43 Å². The molecule has 82 valence electrons. The predicted molar refractivity (Wildman–Crippen MR) is 43.2 cm³/mol. The van der Waals surface area contributed by atoms with Gasteiger partial charge in [0, 0.05) is 5.56 Å². The van der Waals surface area contributed by atoms with Gasteiger partial charge in [-0.15, -0.1) is 0 Å². The first-order valence-electron chi connectivity index (χ1n) is 3.82. The second-order valence-electron chi connectivity index (χ2n) is 2.64. The number of ether oxygens (including phenoxy) is 1. The summed E-state index contributed by atoms with van der Waals surface area (Å²) in [6.45, 7) is 0. The third-order valence-electron chi connectivity index (χ3n) is 1.70. The van der Waals surface area contributed by atoms with Crippen LogP contribution in [0.1, 0.15) is 10.4 Å². The zero-order valence-corrected chi connectivity index (χ0v) is 7.56. The van der Waals surface area contributed by atoms with E-state index in [9.17, 15) is 22.4 Å². The summed E-state index contributed by atoms with van der Waals surface area (Å²) in [4.78, 5) is 10.8. The topological polar surface area (TPSA) is 26.3 Å². The molecule has 0 amide bonds. The maximum absolute atomic E-state index is 12.8. The number of methoxy groups -OCH3 is 1. The second-order valence-corrected chi connectivity index (χ2v) is 2.64. The lowest BCUT2D eigenvalue weighted by Gasteiger charge is -2.05. The van der Waals surface area contributed by atoms with Crippen LogP contribution < -0.4 is 4.74 Å². The van der Waals surface area contributed by atoms with Crippen LogP contribution in [0.25, 0.3) is 0 Å². The van der Waals surface area contributed by atoms with Gasteiger partial charge in [0.1, 0.15) is 0 Å². The molecule has 15 heavy (non-hydrogen) atoms. The average molecular weight is 222 g/mol. The lowest BCUT2D eigenvalue weighted by molar-refractivity contribution is 0.0678. The van der Waals surface area contributed by atoms with Crippen LogP contribution in [0.5, 0.6) is 5.75 Å². The average Bonchev–Trinajstić information content (AvgIpc) is 2.20. The molecule has 0 heterocycles. The molecule has 0 aliphatic heterocycles. The number of halogens is 4. The van der Waals surface area contributed by atoms with E-state index in [-0.39, 0.29) is 0 Å². The summed E-state index contributed by atoms with van der Waals surface area (Å²) in [6.07, 6.45) is -3.26. The van der Waals surface area contributed by atoms with Crippen molar-refractivity contribution >= 4 is 5.78 Å². The molecule has 6 heteroatoms. The lowest BCUT2D eigenvalue weighted by Crippen LogP contribution is -2.11. The zero-order chi connectivity index (χ0) is 11.6. The van der Waals surface area contributed by atoms with Crippen LogP contribution in [-0.4, -0.2) is 19.3 Å². The normalized spacial score (nSPS) is 10.5. The fourth-order valence-electron chi connectivity index (χ4n) is 0.981. The standard InChI is InChI=1S/C9H6F4O2/c1-15-6-3-4(8(14)9(12)13)2-5(10)7(6)11/h2-3,9H,1H3. The number of ketones is 1. The molecular weight excluding hydrogens is 216 g/mol. The highest BCUT2D eigenvalue weighted by molar-refractivity contribution is 5.98. The minimum Gasteiger partial charge on any atom is -0.494 e. The molecule has 2 nitrogen and oxygen atoms in total. The number of benzene rings is 1. The largest absolute Gasteiger partial charge is 0.494 e. The Kier molecular flexibility index (Phi) is 3.28. The van der Waals surface area contributed by atoms with E-state index in [1.54, 1.807) is 0 Å². The first-order chi connectivity index (χ1) is 6.97. The number of rotatable bonds is 3. The Bertz CT molecular complexity index is 390. The highest BCUT2D eigenvalue weighted by Gasteiger charge is 2.21. The third kappa shape index (κ3) is 2.26. The summed E-state index contributed by atoms with van der Waals surface area (Å²) in [7, 11) is 1.04. The number of Topliss-reactive ketones (excluding diaryl/α,β-unsaturated/α-hetero) is 1. The van der Waals surface area contributed by atoms with E-state index in [0.717, 1.165) is 13.2 Å². The van der Waals surface area contributed by atoms with Crippen molar-refractivity contribution in [2.45, 2.75) is 6.43 Å². The van der Waals surface area contributed by atoms with E-state index in [2.05, 4.69) is 4.74 Å². The molecule has 0 atom stereocenters. The summed E-state index contributed by atoms with van der Waals surface area (Å²) in [6, 6.07) is 1.14. The number of alkyl halides is 2. The van der Waals surface area contributed by atoms with Gasteiger partial charge in [-0.1, -0.05) is 0 Å². The van der Waals surface area contributed by atoms with E-state index in [1.807, 2.05) is 0 Å². The van der Waals surface area contributed by atoms with Crippen LogP contribution in [0.15, 0.2) is 12.1 Å². The summed E-state index contributed by atoms with van der Waals surface area (Å²) in [5.74, 6) is -4.88. The van der Waals surface area contributed by atoms with E-state index in [1.165, 1.54) is 0 Å². The Morgan fingerprint density at radius 3 is 2.40 bits per heavy atom. The first-order valence-corrected chi connectivity index (χ1v) is 3.82. The maximum atomic E-state index is 12.8. The highest BCUT2D eigenvalue weighted by atomic mass is 19.3. The van der Waals surface area contributed by atoms with Gasteiger partial charge in [-0.05, 0) is 12.1 Å². The molecule has 0 aliphatic rings. The van der Waals surface area contributed by atoms with Crippen molar-refractivity contribution in [1.82, 2.24) is 0 Å². The molecule has 0 aromatic heterocycles. The Morgan fingerprint density at radius 2 is 1.93 bits per heavy atom. The fraction of sp³-hybridized carbons (Fsp3) is 0.222. The van der Waals surface area contributed by atoms with E-state index in [0.29, 0.717) is 6.07 Å². The molecule has 0 N–H and O–H groups in total. The lowest BCUT2D eigenvalue weighted by atomic mass is 10.1. The molecule has 0 saturated heterocycles. The number of carbonyl (C=O) groups excluding carboxylic acids is 1. The molecule has 1 aromatic rings. The maximum Gasteiger partial charge on any atom is 0.300 e. The molecule has 0 aliphatic carbocycles. The summed E-state index contributed by atoms with van der Waals surface area (Å²) in [5.41, 5.74) is -0.624. The van der Waals surface area contributed by atoms with Gasteiger partial charge < -0.3 is 4.74 Å². The van der Waals surface area contributed by atoms with Crippen LogP contribution in [0.4, 0.5) is 17.6 Å². The van der Waals surface area contributed by atoms with Crippen molar-refractivity contribution in [2.24, 2.45) is 0 Å². The third-order valence-corrected chi connectivity index (χ3v) is 1.70. The van der Waals surface area contributed by atoms with Crippen molar-refractivity contribution in [3.8, 4) is 5.75 Å². The van der Waals surface area contributed by atoms with Crippen molar-refractivity contribution < 1.29 is 27.1 Å². The van der Waals surface area contributed by atoms with E-state index in [4.69, 9.17) is 0 Å². The summed E-state index contributed by atoms with van der Waals surface area (Å²) in [5, 5.41) is 0. The SMILES string of the molecule is COc1cc(C(=O)C(F)F)cc(F)c1F. The molecule has 1 rings (SSSR count). The molecule has 0 bridgehead atoms. The Hall–Kier alpha value is -1.59. The quantitative estimate of drug-likeness (QED) is 0.579. The molecule has 0 fully saturated rings. The minimum atomic E-state index is -3.26. The monoisotopic (exact) mass is 222 g/mol. The van der Waals surface area contributed by atoms with Crippen molar-refractivity contribution in [3.63, 3.8) is 0 Å². The Balaban J connectivity index is 3.22. The van der Waals surface area contributed by atoms with Crippen molar-refractivity contribution in [2.75, 3.05) is 7.11 Å². The molecule has 1 aromatic carbocycles. The molecular formula is C9H6F4O2. The highest BCUT2D eigenvalue weighted by Crippen LogP contribution is 2.23. The minimum absolute atomic E-state index is 0.409. The van der Waals surface area contributed by atoms with Gasteiger partial charge in [-0.25, -0.2) is 13.2 Å². The van der Waals surface area contributed by atoms with E-state index < -0.39 is 35.2 Å². The molecule has 0 spiro atoms. The van der Waals surface area contributed by atoms with Crippen LogP contribution in [0.3, 0.4) is 0 Å². The Morgan fingerprint density at radius 1 is 1.33 bits per heavy atom. The smallest absolute Gasteiger partial charge is 0.300 e. The second kappa shape index (κ2) is 4.29. The van der Waals surface area contributed by atoms with Gasteiger partial charge in [-0.3, -0.25) is 4.79 Å².